The Morgan fingerprint density at radius 2 is 2.03 bits per heavy atom. The van der Waals surface area contributed by atoms with E-state index in [1.54, 1.807) is 6.07 Å². The standard InChI is InChI=1S/C22H26Br2N2O4/c1-26(16-4-3-5-17(27)11-16)12-14-8-15(23)10-18(24)21(14)25-22(29)13-6-7-19(28)20(9-13)30-2/h6-10,16-17,27-28H,3-5,11-12H2,1-2H3,(H,25,29)/t16-,17-/m1/s1. The third kappa shape index (κ3) is 5.55. The molecule has 1 amide bonds. The Bertz CT molecular complexity index is 922. The topological polar surface area (TPSA) is 82.0 Å². The second kappa shape index (κ2) is 10.1. The summed E-state index contributed by atoms with van der Waals surface area (Å²) in [6, 6.07) is 8.68. The quantitative estimate of drug-likeness (QED) is 0.484. The van der Waals surface area contributed by atoms with Crippen molar-refractivity contribution in [2.24, 2.45) is 0 Å². The molecule has 6 nitrogen and oxygen atoms in total. The highest BCUT2D eigenvalue weighted by molar-refractivity contribution is 9.11. The van der Waals surface area contributed by atoms with Gasteiger partial charge in [-0.1, -0.05) is 15.9 Å². The number of phenols is 1. The predicted molar refractivity (Wildman–Crippen MR) is 124 cm³/mol. The number of hydrogen-bond acceptors (Lipinski definition) is 5. The third-order valence-corrected chi connectivity index (χ3v) is 6.56. The van der Waals surface area contributed by atoms with E-state index in [0.717, 1.165) is 40.2 Å². The fourth-order valence-electron chi connectivity index (χ4n) is 3.83. The maximum Gasteiger partial charge on any atom is 0.255 e. The van der Waals surface area contributed by atoms with Gasteiger partial charge in [-0.15, -0.1) is 0 Å². The van der Waals surface area contributed by atoms with Crippen LogP contribution in [0.15, 0.2) is 39.3 Å². The van der Waals surface area contributed by atoms with E-state index in [1.807, 2.05) is 19.2 Å². The summed E-state index contributed by atoms with van der Waals surface area (Å²) in [5, 5.41) is 22.8. The lowest BCUT2D eigenvalue weighted by Gasteiger charge is -2.34. The van der Waals surface area contributed by atoms with Crippen LogP contribution in [0.25, 0.3) is 0 Å². The van der Waals surface area contributed by atoms with E-state index in [-0.39, 0.29) is 23.5 Å². The van der Waals surface area contributed by atoms with Crippen LogP contribution in [0.2, 0.25) is 0 Å². The summed E-state index contributed by atoms with van der Waals surface area (Å²) < 4.78 is 6.78. The molecule has 0 spiro atoms. The van der Waals surface area contributed by atoms with Crippen molar-refractivity contribution >= 4 is 43.5 Å². The lowest BCUT2D eigenvalue weighted by Crippen LogP contribution is -2.37. The van der Waals surface area contributed by atoms with Crippen molar-refractivity contribution in [1.82, 2.24) is 4.90 Å². The molecule has 1 aliphatic carbocycles. The van der Waals surface area contributed by atoms with Gasteiger partial charge in [0.25, 0.3) is 5.91 Å². The van der Waals surface area contributed by atoms with Crippen LogP contribution in [0.3, 0.4) is 0 Å². The van der Waals surface area contributed by atoms with Crippen molar-refractivity contribution in [3.8, 4) is 11.5 Å². The Morgan fingerprint density at radius 3 is 2.73 bits per heavy atom. The van der Waals surface area contributed by atoms with Gasteiger partial charge in [0.1, 0.15) is 0 Å². The van der Waals surface area contributed by atoms with Crippen molar-refractivity contribution in [2.75, 3.05) is 19.5 Å². The molecular formula is C22H26Br2N2O4. The summed E-state index contributed by atoms with van der Waals surface area (Å²) in [6.45, 7) is 0.629. The predicted octanol–water partition coefficient (Wildman–Crippen LogP) is 4.91. The van der Waals surface area contributed by atoms with Crippen molar-refractivity contribution in [3.05, 3.63) is 50.4 Å². The van der Waals surface area contributed by atoms with E-state index in [1.165, 1.54) is 19.2 Å². The van der Waals surface area contributed by atoms with E-state index >= 15 is 0 Å². The number of hydrogen-bond donors (Lipinski definition) is 3. The normalized spacial score (nSPS) is 19.0. The van der Waals surface area contributed by atoms with E-state index in [4.69, 9.17) is 4.74 Å². The van der Waals surface area contributed by atoms with Crippen LogP contribution in [0, 0.1) is 0 Å². The van der Waals surface area contributed by atoms with Crippen LogP contribution in [0.1, 0.15) is 41.6 Å². The summed E-state index contributed by atoms with van der Waals surface area (Å²) in [5.74, 6) is -0.0718. The molecule has 2 aromatic rings. The molecule has 8 heteroatoms. The first-order chi connectivity index (χ1) is 14.3. The van der Waals surface area contributed by atoms with Gasteiger partial charge in [0.2, 0.25) is 0 Å². The molecule has 162 valence electrons. The average molecular weight is 542 g/mol. The molecule has 3 N–H and O–H groups in total. The van der Waals surface area contributed by atoms with Crippen LogP contribution in [-0.2, 0) is 6.54 Å². The molecule has 3 rings (SSSR count). The van der Waals surface area contributed by atoms with E-state index in [9.17, 15) is 15.0 Å². The lowest BCUT2D eigenvalue weighted by molar-refractivity contribution is 0.0701. The second-order valence-corrected chi connectivity index (χ2v) is 9.42. The summed E-state index contributed by atoms with van der Waals surface area (Å²) in [4.78, 5) is 15.1. The largest absolute Gasteiger partial charge is 0.504 e. The minimum absolute atomic E-state index is 0.0177. The number of rotatable bonds is 6. The highest BCUT2D eigenvalue weighted by atomic mass is 79.9. The monoisotopic (exact) mass is 540 g/mol. The van der Waals surface area contributed by atoms with Gasteiger partial charge in [0.05, 0.1) is 18.9 Å². The van der Waals surface area contributed by atoms with Gasteiger partial charge >= 0.3 is 0 Å². The molecule has 1 aliphatic rings. The molecule has 0 bridgehead atoms. The van der Waals surface area contributed by atoms with Crippen LogP contribution >= 0.6 is 31.9 Å². The fraction of sp³-hybridized carbons (Fsp3) is 0.409. The molecule has 0 aromatic heterocycles. The summed E-state index contributed by atoms with van der Waals surface area (Å²) in [6.07, 6.45) is 3.46. The van der Waals surface area contributed by atoms with Gasteiger partial charge in [0, 0.05) is 27.1 Å². The van der Waals surface area contributed by atoms with Crippen molar-refractivity contribution in [3.63, 3.8) is 0 Å². The smallest absolute Gasteiger partial charge is 0.255 e. The molecule has 0 radical (unpaired) electrons. The molecule has 0 heterocycles. The number of methoxy groups -OCH3 is 1. The lowest BCUT2D eigenvalue weighted by atomic mass is 9.92. The van der Waals surface area contributed by atoms with Crippen LogP contribution in [-0.4, -0.2) is 47.3 Å². The first kappa shape index (κ1) is 23.1. The number of phenolic OH excluding ortho intramolecular Hbond substituents is 1. The van der Waals surface area contributed by atoms with Gasteiger partial charge in [-0.25, -0.2) is 0 Å². The molecule has 0 unspecified atom stereocenters. The van der Waals surface area contributed by atoms with E-state index in [2.05, 4.69) is 42.1 Å². The Kier molecular flexibility index (Phi) is 7.79. The number of amides is 1. The minimum atomic E-state index is -0.298. The Morgan fingerprint density at radius 1 is 1.27 bits per heavy atom. The summed E-state index contributed by atoms with van der Waals surface area (Å²) >= 11 is 7.10. The molecular weight excluding hydrogens is 516 g/mol. The number of carbonyl (C=O) groups is 1. The Hall–Kier alpha value is -1.61. The van der Waals surface area contributed by atoms with Gasteiger partial charge in [-0.2, -0.15) is 0 Å². The number of aromatic hydroxyl groups is 1. The third-order valence-electron chi connectivity index (χ3n) is 5.48. The zero-order valence-corrected chi connectivity index (χ0v) is 20.2. The number of anilines is 1. The average Bonchev–Trinajstić information content (AvgIpc) is 2.70. The molecule has 0 saturated heterocycles. The SMILES string of the molecule is COc1cc(C(=O)Nc2c(Br)cc(Br)cc2CN(C)[C@@H]2CCC[C@@H](O)C2)ccc1O. The highest BCUT2D eigenvalue weighted by Gasteiger charge is 2.25. The number of halogens is 2. The molecule has 30 heavy (non-hydrogen) atoms. The number of ether oxygens (including phenoxy) is 1. The van der Waals surface area contributed by atoms with Crippen molar-refractivity contribution in [2.45, 2.75) is 44.4 Å². The van der Waals surface area contributed by atoms with E-state index in [0.29, 0.717) is 23.8 Å². The Balaban J connectivity index is 1.83. The highest BCUT2D eigenvalue weighted by Crippen LogP contribution is 2.34. The van der Waals surface area contributed by atoms with Crippen LogP contribution in [0.4, 0.5) is 5.69 Å². The second-order valence-electron chi connectivity index (χ2n) is 7.65. The number of nitrogens with one attached hydrogen (secondary N) is 1. The maximum absolute atomic E-state index is 12.9. The number of benzene rings is 2. The first-order valence-corrected chi connectivity index (χ1v) is 11.4. The number of aliphatic hydroxyl groups excluding tert-OH is 1. The first-order valence-electron chi connectivity index (χ1n) is 9.83. The Labute approximate surface area is 193 Å². The fourth-order valence-corrected chi connectivity index (χ4v) is 5.25. The number of carbonyl (C=O) groups excluding carboxylic acids is 1. The molecule has 1 fully saturated rings. The van der Waals surface area contributed by atoms with Crippen LogP contribution in [0.5, 0.6) is 11.5 Å². The van der Waals surface area contributed by atoms with Crippen molar-refractivity contribution < 1.29 is 19.7 Å². The van der Waals surface area contributed by atoms with E-state index < -0.39 is 0 Å². The van der Waals surface area contributed by atoms with Crippen molar-refractivity contribution in [1.29, 1.82) is 0 Å². The summed E-state index contributed by atoms with van der Waals surface area (Å²) in [7, 11) is 3.49. The maximum atomic E-state index is 12.9. The minimum Gasteiger partial charge on any atom is -0.504 e. The van der Waals surface area contributed by atoms with Gasteiger partial charge in [0.15, 0.2) is 11.5 Å². The van der Waals surface area contributed by atoms with Gasteiger partial charge in [-0.3, -0.25) is 9.69 Å². The van der Waals surface area contributed by atoms with Crippen LogP contribution < -0.4 is 10.1 Å². The number of aliphatic hydroxyl groups is 1. The van der Waals surface area contributed by atoms with Gasteiger partial charge in [-0.05, 0) is 84.6 Å². The summed E-state index contributed by atoms with van der Waals surface area (Å²) in [5.41, 5.74) is 2.03. The zero-order chi connectivity index (χ0) is 21.8. The molecule has 1 saturated carbocycles. The number of nitrogens with zero attached hydrogens (tertiary/aromatic N) is 1. The molecule has 2 aromatic carbocycles. The zero-order valence-electron chi connectivity index (χ0n) is 17.0. The molecule has 2 atom stereocenters. The van der Waals surface area contributed by atoms with Gasteiger partial charge < -0.3 is 20.3 Å². The molecule has 0 aliphatic heterocycles.